The highest BCUT2D eigenvalue weighted by Gasteiger charge is 2.20. The molecule has 0 saturated carbocycles. The Balaban J connectivity index is 1.07. The van der Waals surface area contributed by atoms with Gasteiger partial charge in [-0.2, -0.15) is 0 Å². The van der Waals surface area contributed by atoms with Gasteiger partial charge in [-0.3, -0.25) is 0 Å². The summed E-state index contributed by atoms with van der Waals surface area (Å²) in [6.07, 6.45) is 0. The molecule has 0 aliphatic heterocycles. The standard InChI is InChI=1S/C51H32N4O/c1-4-14-33(15-5-1)34-26-28-35(29-27-34)38-20-12-21-39(30-38)55-45-25-11-10-22-40(45)43-32-47-44(31-46(43)55)41-23-13-24-42(48(41)56-47)51-53-49(36-16-6-2-7-17-36)52-50(54-51)37-18-8-3-9-19-37/h1-32H. The lowest BCUT2D eigenvalue weighted by Gasteiger charge is -2.11. The van der Waals surface area contributed by atoms with Crippen LogP contribution in [0.15, 0.2) is 199 Å². The van der Waals surface area contributed by atoms with Crippen LogP contribution < -0.4 is 0 Å². The molecular formula is C51H32N4O. The maximum atomic E-state index is 6.81. The van der Waals surface area contributed by atoms with Gasteiger partial charge in [-0.1, -0.05) is 158 Å². The van der Waals surface area contributed by atoms with E-state index in [-0.39, 0.29) is 0 Å². The molecule has 0 radical (unpaired) electrons. The van der Waals surface area contributed by atoms with Crippen molar-refractivity contribution in [3.63, 3.8) is 0 Å². The number of rotatable bonds is 6. The molecule has 0 aliphatic carbocycles. The van der Waals surface area contributed by atoms with Crippen molar-refractivity contribution in [1.29, 1.82) is 0 Å². The van der Waals surface area contributed by atoms with Gasteiger partial charge in [-0.15, -0.1) is 0 Å². The summed E-state index contributed by atoms with van der Waals surface area (Å²) in [4.78, 5) is 15.0. The molecule has 5 heteroatoms. The van der Waals surface area contributed by atoms with Crippen LogP contribution in [-0.2, 0) is 0 Å². The minimum atomic E-state index is 0.565. The van der Waals surface area contributed by atoms with E-state index in [2.05, 4.69) is 132 Å². The highest BCUT2D eigenvalue weighted by atomic mass is 16.3. The first kappa shape index (κ1) is 31.9. The van der Waals surface area contributed by atoms with Crippen molar-refractivity contribution in [3.8, 4) is 62.1 Å². The van der Waals surface area contributed by atoms with Crippen molar-refractivity contribution in [2.75, 3.05) is 0 Å². The molecule has 0 N–H and O–H groups in total. The number of fused-ring (bicyclic) bond motifs is 6. The van der Waals surface area contributed by atoms with Gasteiger partial charge in [0, 0.05) is 38.4 Å². The Hall–Kier alpha value is -7.63. The lowest BCUT2D eigenvalue weighted by atomic mass is 10.00. The second kappa shape index (κ2) is 13.0. The van der Waals surface area contributed by atoms with Crippen LogP contribution in [0.4, 0.5) is 0 Å². The van der Waals surface area contributed by atoms with Crippen molar-refractivity contribution >= 4 is 43.7 Å². The van der Waals surface area contributed by atoms with E-state index >= 15 is 0 Å². The fourth-order valence-electron chi connectivity index (χ4n) is 7.95. The number of para-hydroxylation sites is 2. The second-order valence-corrected chi connectivity index (χ2v) is 14.0. The van der Waals surface area contributed by atoms with Crippen LogP contribution in [0.25, 0.3) is 106 Å². The highest BCUT2D eigenvalue weighted by molar-refractivity contribution is 6.18. The molecule has 8 aromatic carbocycles. The minimum Gasteiger partial charge on any atom is -0.455 e. The molecule has 11 rings (SSSR count). The van der Waals surface area contributed by atoms with Crippen LogP contribution in [-0.4, -0.2) is 19.5 Å². The smallest absolute Gasteiger partial charge is 0.167 e. The first-order valence-electron chi connectivity index (χ1n) is 18.8. The van der Waals surface area contributed by atoms with Crippen molar-refractivity contribution in [1.82, 2.24) is 19.5 Å². The molecule has 3 heterocycles. The maximum Gasteiger partial charge on any atom is 0.167 e. The van der Waals surface area contributed by atoms with Gasteiger partial charge in [0.05, 0.1) is 16.6 Å². The summed E-state index contributed by atoms with van der Waals surface area (Å²) >= 11 is 0. The topological polar surface area (TPSA) is 56.7 Å². The molecule has 0 bridgehead atoms. The first-order chi connectivity index (χ1) is 27.7. The Morgan fingerprint density at radius 3 is 1.57 bits per heavy atom. The Kier molecular flexibility index (Phi) is 7.42. The zero-order valence-corrected chi connectivity index (χ0v) is 30.2. The van der Waals surface area contributed by atoms with E-state index in [9.17, 15) is 0 Å². The summed E-state index contributed by atoms with van der Waals surface area (Å²) < 4.78 is 9.18. The third-order valence-electron chi connectivity index (χ3n) is 10.7. The number of furan rings is 1. The fourth-order valence-corrected chi connectivity index (χ4v) is 7.95. The van der Waals surface area contributed by atoms with Gasteiger partial charge in [-0.05, 0) is 58.7 Å². The predicted octanol–water partition coefficient (Wildman–Crippen LogP) is 13.2. The van der Waals surface area contributed by atoms with Crippen LogP contribution in [0, 0.1) is 0 Å². The lowest BCUT2D eigenvalue weighted by Crippen LogP contribution is -2.00. The van der Waals surface area contributed by atoms with Gasteiger partial charge in [0.25, 0.3) is 0 Å². The van der Waals surface area contributed by atoms with Gasteiger partial charge in [0.15, 0.2) is 17.5 Å². The van der Waals surface area contributed by atoms with Crippen LogP contribution in [0.3, 0.4) is 0 Å². The van der Waals surface area contributed by atoms with E-state index in [0.29, 0.717) is 17.5 Å². The molecule has 0 saturated heterocycles. The van der Waals surface area contributed by atoms with Crippen molar-refractivity contribution in [2.24, 2.45) is 0 Å². The molecular weight excluding hydrogens is 685 g/mol. The summed E-state index contributed by atoms with van der Waals surface area (Å²) in [5.74, 6) is 1.79. The number of benzene rings is 8. The van der Waals surface area contributed by atoms with Crippen molar-refractivity contribution < 1.29 is 4.42 Å². The fraction of sp³-hybridized carbons (Fsp3) is 0. The minimum absolute atomic E-state index is 0.565. The maximum absolute atomic E-state index is 6.81. The summed E-state index contributed by atoms with van der Waals surface area (Å²) in [6.45, 7) is 0. The van der Waals surface area contributed by atoms with E-state index in [1.54, 1.807) is 0 Å². The van der Waals surface area contributed by atoms with E-state index in [0.717, 1.165) is 66.3 Å². The predicted molar refractivity (Wildman–Crippen MR) is 229 cm³/mol. The summed E-state index contributed by atoms with van der Waals surface area (Å²) in [7, 11) is 0. The van der Waals surface area contributed by atoms with E-state index in [1.807, 2.05) is 66.7 Å². The van der Waals surface area contributed by atoms with Gasteiger partial charge in [-0.25, -0.2) is 15.0 Å². The molecule has 0 atom stereocenters. The van der Waals surface area contributed by atoms with Gasteiger partial charge in [0.1, 0.15) is 11.2 Å². The number of hydrogen-bond acceptors (Lipinski definition) is 4. The summed E-state index contributed by atoms with van der Waals surface area (Å²) in [5, 5.41) is 4.34. The summed E-state index contributed by atoms with van der Waals surface area (Å²) in [5.41, 5.74) is 12.3. The van der Waals surface area contributed by atoms with Gasteiger partial charge >= 0.3 is 0 Å². The highest BCUT2D eigenvalue weighted by Crippen LogP contribution is 2.41. The molecule has 3 aromatic heterocycles. The zero-order chi connectivity index (χ0) is 37.0. The molecule has 11 aromatic rings. The second-order valence-electron chi connectivity index (χ2n) is 14.0. The van der Waals surface area contributed by atoms with Crippen LogP contribution in [0.5, 0.6) is 0 Å². The van der Waals surface area contributed by atoms with E-state index in [4.69, 9.17) is 19.4 Å². The molecule has 56 heavy (non-hydrogen) atoms. The normalized spacial score (nSPS) is 11.6. The number of nitrogens with zero attached hydrogens (tertiary/aromatic N) is 4. The first-order valence-corrected chi connectivity index (χ1v) is 18.8. The number of hydrogen-bond donors (Lipinski definition) is 0. The molecule has 0 aliphatic rings. The monoisotopic (exact) mass is 716 g/mol. The zero-order valence-electron chi connectivity index (χ0n) is 30.2. The molecule has 262 valence electrons. The van der Waals surface area contributed by atoms with E-state index < -0.39 is 0 Å². The quantitative estimate of drug-likeness (QED) is 0.172. The van der Waals surface area contributed by atoms with Crippen molar-refractivity contribution in [3.05, 3.63) is 194 Å². The summed E-state index contributed by atoms with van der Waals surface area (Å²) in [6, 6.07) is 67.6. The van der Waals surface area contributed by atoms with Gasteiger partial charge < -0.3 is 8.98 Å². The SMILES string of the molecule is c1ccc(-c2ccc(-c3cccc(-n4c5ccccc5c5cc6oc7c(-c8nc(-c9ccccc9)nc(-c9ccccc9)n8)cccc7c6cc54)c3)cc2)cc1. The largest absolute Gasteiger partial charge is 0.455 e. The van der Waals surface area contributed by atoms with Crippen molar-refractivity contribution in [2.45, 2.75) is 0 Å². The Labute approximate surface area is 322 Å². The van der Waals surface area contributed by atoms with Crippen LogP contribution in [0.1, 0.15) is 0 Å². The number of aromatic nitrogens is 4. The average Bonchev–Trinajstić information content (AvgIpc) is 3.81. The molecule has 0 amide bonds. The van der Waals surface area contributed by atoms with Crippen LogP contribution in [0.2, 0.25) is 0 Å². The lowest BCUT2D eigenvalue weighted by molar-refractivity contribution is 0.670. The third-order valence-corrected chi connectivity index (χ3v) is 10.7. The van der Waals surface area contributed by atoms with Gasteiger partial charge in [0.2, 0.25) is 0 Å². The average molecular weight is 717 g/mol. The Morgan fingerprint density at radius 1 is 0.339 bits per heavy atom. The Bertz CT molecular complexity index is 3160. The molecule has 0 spiro atoms. The molecule has 0 unspecified atom stereocenters. The molecule has 5 nitrogen and oxygen atoms in total. The van der Waals surface area contributed by atoms with E-state index in [1.165, 1.54) is 22.1 Å². The molecule has 0 fully saturated rings. The van der Waals surface area contributed by atoms with Crippen LogP contribution >= 0.6 is 0 Å². The third kappa shape index (κ3) is 5.37. The Morgan fingerprint density at radius 2 is 0.875 bits per heavy atom.